The molecule has 0 saturated heterocycles. The minimum absolute atomic E-state index is 0.148. The Morgan fingerprint density at radius 2 is 1.97 bits per heavy atom. The summed E-state index contributed by atoms with van der Waals surface area (Å²) in [6.45, 7) is 1.72. The number of H-pyrrole nitrogens is 1. The molecule has 2 aromatic carbocycles. The van der Waals surface area contributed by atoms with Crippen LogP contribution in [0.15, 0.2) is 59.4 Å². The third-order valence-corrected chi connectivity index (χ3v) is 4.84. The monoisotopic (exact) mass is 444 g/mol. The summed E-state index contributed by atoms with van der Waals surface area (Å²) in [6.07, 6.45) is 0.148. The van der Waals surface area contributed by atoms with Crippen LogP contribution in [-0.4, -0.2) is 32.7 Å². The Balaban J connectivity index is 1.56. The average molecular weight is 444 g/mol. The summed E-state index contributed by atoms with van der Waals surface area (Å²) in [5, 5.41) is 15.4. The van der Waals surface area contributed by atoms with Crippen LogP contribution in [0.25, 0.3) is 5.78 Å². The zero-order valence-corrected chi connectivity index (χ0v) is 17.9. The largest absolute Gasteiger partial charge is 0.465 e. The molecule has 0 spiro atoms. The first-order valence-corrected chi connectivity index (χ1v) is 10.0. The van der Waals surface area contributed by atoms with Gasteiger partial charge in [-0.05, 0) is 48.9 Å². The number of carbonyl (C=O) groups excluding carboxylic acids is 1. The molecule has 2 N–H and O–H groups in total. The van der Waals surface area contributed by atoms with Gasteiger partial charge in [0.15, 0.2) is 0 Å². The Kier molecular flexibility index (Phi) is 6.04. The van der Waals surface area contributed by atoms with Gasteiger partial charge in [-0.25, -0.2) is 9.78 Å². The second kappa shape index (κ2) is 9.23. The van der Waals surface area contributed by atoms with Gasteiger partial charge in [0.2, 0.25) is 5.95 Å². The molecule has 1 atom stereocenters. The maximum absolute atomic E-state index is 12.1. The van der Waals surface area contributed by atoms with Gasteiger partial charge in [-0.2, -0.15) is 14.8 Å². The van der Waals surface area contributed by atoms with Gasteiger partial charge >= 0.3 is 5.97 Å². The van der Waals surface area contributed by atoms with Crippen molar-refractivity contribution in [1.82, 2.24) is 19.6 Å². The molecule has 33 heavy (non-hydrogen) atoms. The highest BCUT2D eigenvalue weighted by Gasteiger charge is 2.16. The number of hydrogen-bond acceptors (Lipinski definition) is 8. The molecule has 2 heterocycles. The summed E-state index contributed by atoms with van der Waals surface area (Å²) in [4.78, 5) is 32.2. The lowest BCUT2D eigenvalue weighted by Gasteiger charge is -2.16. The number of benzene rings is 2. The van der Waals surface area contributed by atoms with E-state index in [2.05, 4.69) is 26.5 Å². The summed E-state index contributed by atoms with van der Waals surface area (Å²) in [5.74, 6) is 1.23. The third-order valence-electron chi connectivity index (χ3n) is 4.84. The van der Waals surface area contributed by atoms with Crippen molar-refractivity contribution in [2.45, 2.75) is 19.4 Å². The number of nitrogens with one attached hydrogen (secondary N) is 2. The lowest BCUT2D eigenvalue weighted by atomic mass is 10.0. The average Bonchev–Trinajstić information content (AvgIpc) is 3.22. The first kappa shape index (κ1) is 21.6. The van der Waals surface area contributed by atoms with E-state index in [0.29, 0.717) is 28.7 Å². The summed E-state index contributed by atoms with van der Waals surface area (Å²) >= 11 is 0. The van der Waals surface area contributed by atoms with Crippen LogP contribution in [0.5, 0.6) is 11.5 Å². The van der Waals surface area contributed by atoms with Crippen molar-refractivity contribution in [1.29, 1.82) is 5.26 Å². The quantitative estimate of drug-likeness (QED) is 0.414. The van der Waals surface area contributed by atoms with Gasteiger partial charge in [-0.1, -0.05) is 12.1 Å². The fourth-order valence-electron chi connectivity index (χ4n) is 3.27. The number of aryl methyl sites for hydroxylation is 1. The maximum Gasteiger partial charge on any atom is 0.337 e. The molecule has 0 amide bonds. The number of ether oxygens (including phenoxy) is 2. The molecule has 10 heteroatoms. The molecule has 0 unspecified atom stereocenters. The molecule has 2 aromatic heterocycles. The molecule has 0 bridgehead atoms. The first-order valence-electron chi connectivity index (χ1n) is 10.0. The minimum Gasteiger partial charge on any atom is -0.465 e. The van der Waals surface area contributed by atoms with Crippen molar-refractivity contribution in [3.8, 4) is 17.6 Å². The van der Waals surface area contributed by atoms with Gasteiger partial charge in [0.25, 0.3) is 11.3 Å². The number of rotatable bonds is 7. The standard InChI is InChI=1S/C23H20N6O4/c1-14-12-20(30)29-23(25-14)27-22(28-29)26-19(10-11-24)16-4-3-5-18(13-16)33-17-8-6-15(7-9-17)21(31)32-2/h3-9,12-13,19H,10H2,1-2H3,(H2,25,26,27,28)/t19-/m1/s1. The highest BCUT2D eigenvalue weighted by Crippen LogP contribution is 2.28. The molecule has 0 saturated carbocycles. The molecule has 166 valence electrons. The fourth-order valence-corrected chi connectivity index (χ4v) is 3.27. The SMILES string of the molecule is COC(=O)c1ccc(Oc2cccc([C@@H](CC#N)Nc3nc4nc(C)cc(=O)n4[nH]3)c2)cc1. The van der Waals surface area contributed by atoms with Gasteiger partial charge in [0, 0.05) is 11.8 Å². The van der Waals surface area contributed by atoms with E-state index in [1.54, 1.807) is 43.3 Å². The number of esters is 1. The van der Waals surface area contributed by atoms with E-state index in [9.17, 15) is 14.9 Å². The van der Waals surface area contributed by atoms with Crippen LogP contribution in [0.2, 0.25) is 0 Å². The van der Waals surface area contributed by atoms with Crippen LogP contribution in [-0.2, 0) is 4.74 Å². The van der Waals surface area contributed by atoms with Crippen molar-refractivity contribution >= 4 is 17.7 Å². The Hall–Kier alpha value is -4.65. The molecule has 0 aliphatic rings. The summed E-state index contributed by atoms with van der Waals surface area (Å²) in [6, 6.07) is 17.0. The first-order chi connectivity index (χ1) is 16.0. The van der Waals surface area contributed by atoms with Gasteiger partial charge in [-0.15, -0.1) is 0 Å². The second-order valence-corrected chi connectivity index (χ2v) is 7.19. The van der Waals surface area contributed by atoms with E-state index >= 15 is 0 Å². The lowest BCUT2D eigenvalue weighted by Crippen LogP contribution is -2.15. The van der Waals surface area contributed by atoms with Crippen LogP contribution >= 0.6 is 0 Å². The van der Waals surface area contributed by atoms with Gasteiger partial charge in [-0.3, -0.25) is 9.89 Å². The number of nitriles is 1. The minimum atomic E-state index is -0.424. The predicted molar refractivity (Wildman–Crippen MR) is 119 cm³/mol. The summed E-state index contributed by atoms with van der Waals surface area (Å²) in [7, 11) is 1.32. The number of anilines is 1. The van der Waals surface area contributed by atoms with Crippen molar-refractivity contribution in [3.63, 3.8) is 0 Å². The maximum atomic E-state index is 12.1. The number of aromatic nitrogens is 4. The topological polar surface area (TPSA) is 134 Å². The normalized spacial score (nSPS) is 11.5. The fraction of sp³-hybridized carbons (Fsp3) is 0.174. The van der Waals surface area contributed by atoms with Gasteiger partial charge in [0.1, 0.15) is 11.5 Å². The van der Waals surface area contributed by atoms with Crippen molar-refractivity contribution < 1.29 is 14.3 Å². The molecule has 4 aromatic rings. The summed E-state index contributed by atoms with van der Waals surface area (Å²) in [5.41, 5.74) is 1.50. The molecule has 0 aliphatic heterocycles. The molecule has 0 aliphatic carbocycles. The van der Waals surface area contributed by atoms with Crippen LogP contribution in [0.4, 0.5) is 5.95 Å². The molecular formula is C23H20N6O4. The Morgan fingerprint density at radius 3 is 2.70 bits per heavy atom. The van der Waals surface area contributed by atoms with E-state index in [0.717, 1.165) is 5.56 Å². The number of methoxy groups -OCH3 is 1. The highest BCUT2D eigenvalue weighted by molar-refractivity contribution is 5.89. The predicted octanol–water partition coefficient (Wildman–Crippen LogP) is 3.37. The van der Waals surface area contributed by atoms with E-state index in [1.807, 2.05) is 12.1 Å². The smallest absolute Gasteiger partial charge is 0.337 e. The number of nitrogens with zero attached hydrogens (tertiary/aromatic N) is 4. The Morgan fingerprint density at radius 1 is 1.18 bits per heavy atom. The number of carbonyl (C=O) groups is 1. The van der Waals surface area contributed by atoms with Crippen LogP contribution in [0, 0.1) is 18.3 Å². The molecule has 0 fully saturated rings. The number of hydrogen-bond donors (Lipinski definition) is 2. The van der Waals surface area contributed by atoms with Crippen molar-refractivity contribution in [2.75, 3.05) is 12.4 Å². The van der Waals surface area contributed by atoms with Crippen molar-refractivity contribution in [3.05, 3.63) is 81.8 Å². The van der Waals surface area contributed by atoms with E-state index < -0.39 is 12.0 Å². The van der Waals surface area contributed by atoms with E-state index in [-0.39, 0.29) is 17.8 Å². The highest BCUT2D eigenvalue weighted by atomic mass is 16.5. The van der Waals surface area contributed by atoms with Gasteiger partial charge in [0.05, 0.1) is 31.2 Å². The zero-order valence-electron chi connectivity index (χ0n) is 17.9. The molecule has 0 radical (unpaired) electrons. The molecule has 10 nitrogen and oxygen atoms in total. The third kappa shape index (κ3) is 4.83. The Bertz CT molecular complexity index is 1400. The summed E-state index contributed by atoms with van der Waals surface area (Å²) < 4.78 is 11.8. The van der Waals surface area contributed by atoms with Crippen molar-refractivity contribution in [2.24, 2.45) is 0 Å². The van der Waals surface area contributed by atoms with Crippen LogP contribution in [0.1, 0.15) is 34.1 Å². The van der Waals surface area contributed by atoms with Gasteiger partial charge < -0.3 is 14.8 Å². The number of fused-ring (bicyclic) bond motifs is 1. The second-order valence-electron chi connectivity index (χ2n) is 7.19. The van der Waals surface area contributed by atoms with Crippen LogP contribution in [0.3, 0.4) is 0 Å². The van der Waals surface area contributed by atoms with E-state index in [4.69, 9.17) is 9.47 Å². The van der Waals surface area contributed by atoms with Crippen LogP contribution < -0.4 is 15.6 Å². The molecule has 4 rings (SSSR count). The van der Waals surface area contributed by atoms with E-state index in [1.165, 1.54) is 17.7 Å². The molecular weight excluding hydrogens is 424 g/mol. The lowest BCUT2D eigenvalue weighted by molar-refractivity contribution is 0.0600. The number of aromatic amines is 1. The zero-order chi connectivity index (χ0) is 23.4. The Labute approximate surface area is 188 Å².